The summed E-state index contributed by atoms with van der Waals surface area (Å²) in [5.74, 6) is 1.11. The van der Waals surface area contributed by atoms with Crippen LogP contribution < -0.4 is 0 Å². The molecule has 0 saturated heterocycles. The molecule has 4 aliphatic rings. The smallest absolute Gasteiger partial charge is 0.338 e. The van der Waals surface area contributed by atoms with E-state index in [0.29, 0.717) is 23.2 Å². The van der Waals surface area contributed by atoms with Crippen molar-refractivity contribution in [2.75, 3.05) is 19.1 Å². The van der Waals surface area contributed by atoms with Crippen LogP contribution >= 0.6 is 23.5 Å². The predicted molar refractivity (Wildman–Crippen MR) is 187 cm³/mol. The minimum atomic E-state index is -0.593. The number of hydrogen-bond donors (Lipinski definition) is 0. The van der Waals surface area contributed by atoms with E-state index in [1.807, 2.05) is 30.5 Å². The van der Waals surface area contributed by atoms with E-state index in [1.165, 1.54) is 17.4 Å². The third-order valence-electron chi connectivity index (χ3n) is 12.3. The zero-order valence-electron chi connectivity index (χ0n) is 27.9. The van der Waals surface area contributed by atoms with Crippen LogP contribution in [0, 0.1) is 34.0 Å². The van der Waals surface area contributed by atoms with E-state index in [0.717, 1.165) is 55.4 Å². The molecule has 0 radical (unpaired) electrons. The number of carbonyl (C=O) groups is 2. The van der Waals surface area contributed by atoms with Gasteiger partial charge in [-0.05, 0) is 117 Å². The molecule has 0 aromatic heterocycles. The lowest BCUT2D eigenvalue weighted by Crippen LogP contribution is -2.65. The highest BCUT2D eigenvalue weighted by Crippen LogP contribution is 2.73. The molecular formula is C39H48O5S2. The van der Waals surface area contributed by atoms with Crippen molar-refractivity contribution in [3.05, 3.63) is 78.4 Å². The van der Waals surface area contributed by atoms with E-state index in [9.17, 15) is 9.59 Å². The second-order valence-electron chi connectivity index (χ2n) is 14.6. The van der Waals surface area contributed by atoms with Crippen molar-refractivity contribution in [3.63, 3.8) is 0 Å². The molecule has 2 bridgehead atoms. The molecule has 2 aromatic carbocycles. The minimum Gasteiger partial charge on any atom is -0.490 e. The Bertz CT molecular complexity index is 1500. The van der Waals surface area contributed by atoms with Crippen LogP contribution in [0.4, 0.5) is 0 Å². The van der Waals surface area contributed by atoms with Crippen LogP contribution in [0.2, 0.25) is 0 Å². The molecule has 1 spiro atoms. The van der Waals surface area contributed by atoms with E-state index in [1.54, 1.807) is 23.5 Å². The normalized spacial score (nSPS) is 34.6. The first-order chi connectivity index (χ1) is 21.9. The van der Waals surface area contributed by atoms with Crippen molar-refractivity contribution in [3.8, 4) is 0 Å². The number of hydrogen-bond acceptors (Lipinski definition) is 7. The molecule has 5 nitrogen and oxygen atoms in total. The average Bonchev–Trinajstić information content (AvgIpc) is 3.30. The number of thioether (sulfide) groups is 2. The van der Waals surface area contributed by atoms with Crippen LogP contribution in [0.5, 0.6) is 0 Å². The first kappa shape index (κ1) is 33.3. The Hall–Kier alpha value is -2.64. The molecule has 4 aliphatic carbocycles. The van der Waals surface area contributed by atoms with Gasteiger partial charge in [0.2, 0.25) is 0 Å². The van der Waals surface area contributed by atoms with Gasteiger partial charge in [-0.1, -0.05) is 44.7 Å². The minimum absolute atomic E-state index is 0.0156. The second-order valence-corrected chi connectivity index (χ2v) is 16.4. The van der Waals surface area contributed by atoms with E-state index in [2.05, 4.69) is 57.5 Å². The van der Waals surface area contributed by atoms with Gasteiger partial charge in [0.15, 0.2) is 0 Å². The highest BCUT2D eigenvalue weighted by molar-refractivity contribution is 7.98. The largest absolute Gasteiger partial charge is 0.490 e. The quantitative estimate of drug-likeness (QED) is 0.115. The molecule has 6 rings (SSSR count). The maximum absolute atomic E-state index is 13.6. The van der Waals surface area contributed by atoms with E-state index < -0.39 is 11.5 Å². The molecule has 0 heterocycles. The van der Waals surface area contributed by atoms with Crippen LogP contribution in [-0.4, -0.2) is 43.3 Å². The van der Waals surface area contributed by atoms with Gasteiger partial charge in [0.05, 0.1) is 5.56 Å². The highest BCUT2D eigenvalue weighted by Gasteiger charge is 2.69. The van der Waals surface area contributed by atoms with E-state index in [-0.39, 0.29) is 41.4 Å². The molecule has 0 aliphatic heterocycles. The second kappa shape index (κ2) is 12.8. The number of fused-ring (bicyclic) bond motifs is 3. The van der Waals surface area contributed by atoms with Crippen LogP contribution in [0.1, 0.15) is 81.6 Å². The molecule has 1 unspecified atom stereocenters. The third kappa shape index (κ3) is 5.74. The first-order valence-electron chi connectivity index (χ1n) is 16.6. The van der Waals surface area contributed by atoms with Crippen molar-refractivity contribution in [2.24, 2.45) is 34.0 Å². The molecule has 4 saturated carbocycles. The maximum Gasteiger partial charge on any atom is 0.338 e. The predicted octanol–water partition coefficient (Wildman–Crippen LogP) is 9.46. The molecule has 2 aromatic rings. The standard InChI is InChI=1S/C39H48O5S2/c1-24-21-39-22-29(24)12-17-32(39)37(4)19-18-34(44-36(41)28-10-15-31(46-7)16-11-28)38(5,23-42-26(3)40)33(37)20-35(39)43-25(2)27-8-13-30(45-6)14-9-27/h8-11,13-16,29,32-35H,1-2,12,17-23H2,3-7H3/t29-,32-,33?,34+,35-,37-,38+,39-/m0/s1. The molecular weight excluding hydrogens is 613 g/mol. The fraction of sp³-hybridized carbons (Fsp3) is 0.538. The van der Waals surface area contributed by atoms with Crippen LogP contribution in [0.25, 0.3) is 5.76 Å². The Morgan fingerprint density at radius 3 is 2.11 bits per heavy atom. The van der Waals surface area contributed by atoms with Crippen molar-refractivity contribution >= 4 is 41.2 Å². The summed E-state index contributed by atoms with van der Waals surface area (Å²) in [5.41, 5.74) is 2.26. The number of esters is 2. The van der Waals surface area contributed by atoms with Gasteiger partial charge < -0.3 is 14.2 Å². The zero-order chi connectivity index (χ0) is 32.9. The third-order valence-corrected chi connectivity index (χ3v) is 13.8. The summed E-state index contributed by atoms with van der Waals surface area (Å²) in [6.45, 7) is 15.3. The Kier molecular flexibility index (Phi) is 9.23. The summed E-state index contributed by atoms with van der Waals surface area (Å²) in [6, 6.07) is 16.0. The number of carbonyl (C=O) groups excluding carboxylic acids is 2. The molecule has 0 N–H and O–H groups in total. The van der Waals surface area contributed by atoms with Crippen molar-refractivity contribution < 1.29 is 23.8 Å². The first-order valence-corrected chi connectivity index (χ1v) is 19.0. The van der Waals surface area contributed by atoms with Gasteiger partial charge in [0.1, 0.15) is 24.6 Å². The molecule has 7 heteroatoms. The fourth-order valence-electron chi connectivity index (χ4n) is 10.0. The summed E-state index contributed by atoms with van der Waals surface area (Å²) >= 11 is 3.36. The van der Waals surface area contributed by atoms with Gasteiger partial charge in [-0.3, -0.25) is 4.79 Å². The summed E-state index contributed by atoms with van der Waals surface area (Å²) in [5, 5.41) is 0. The van der Waals surface area contributed by atoms with Crippen molar-refractivity contribution in [2.45, 2.75) is 87.7 Å². The fourth-order valence-corrected chi connectivity index (χ4v) is 10.8. The summed E-state index contributed by atoms with van der Waals surface area (Å²) < 4.78 is 19.3. The summed E-state index contributed by atoms with van der Waals surface area (Å²) in [6.07, 6.45) is 10.5. The molecule has 8 atom stereocenters. The Labute approximate surface area is 283 Å². The van der Waals surface area contributed by atoms with Gasteiger partial charge in [-0.25, -0.2) is 4.79 Å². The topological polar surface area (TPSA) is 61.8 Å². The Morgan fingerprint density at radius 2 is 1.50 bits per heavy atom. The van der Waals surface area contributed by atoms with Gasteiger partial charge >= 0.3 is 11.9 Å². The lowest BCUT2D eigenvalue weighted by atomic mass is 9.39. The van der Waals surface area contributed by atoms with Gasteiger partial charge in [-0.15, -0.1) is 23.5 Å². The molecule has 246 valence electrons. The maximum atomic E-state index is 13.6. The van der Waals surface area contributed by atoms with Crippen molar-refractivity contribution in [1.82, 2.24) is 0 Å². The lowest BCUT2D eigenvalue weighted by molar-refractivity contribution is -0.231. The van der Waals surface area contributed by atoms with Crippen LogP contribution in [0.3, 0.4) is 0 Å². The monoisotopic (exact) mass is 660 g/mol. The Balaban J connectivity index is 1.36. The average molecular weight is 661 g/mol. The lowest BCUT2D eigenvalue weighted by Gasteiger charge is -2.66. The molecule has 46 heavy (non-hydrogen) atoms. The summed E-state index contributed by atoms with van der Waals surface area (Å²) in [4.78, 5) is 28.2. The zero-order valence-corrected chi connectivity index (χ0v) is 29.6. The van der Waals surface area contributed by atoms with Gasteiger partial charge in [0.25, 0.3) is 0 Å². The van der Waals surface area contributed by atoms with Crippen LogP contribution in [0.15, 0.2) is 77.1 Å². The Morgan fingerprint density at radius 1 is 0.870 bits per heavy atom. The number of allylic oxidation sites excluding steroid dienone is 1. The molecule has 4 fully saturated rings. The van der Waals surface area contributed by atoms with E-state index in [4.69, 9.17) is 14.2 Å². The molecule has 0 amide bonds. The van der Waals surface area contributed by atoms with Crippen LogP contribution in [-0.2, 0) is 19.0 Å². The number of ether oxygens (including phenoxy) is 3. The van der Waals surface area contributed by atoms with Crippen molar-refractivity contribution in [1.29, 1.82) is 0 Å². The highest BCUT2D eigenvalue weighted by atomic mass is 32.2. The van der Waals surface area contributed by atoms with Gasteiger partial charge in [-0.2, -0.15) is 0 Å². The van der Waals surface area contributed by atoms with E-state index >= 15 is 0 Å². The number of rotatable bonds is 9. The SMILES string of the molecule is C=C(O[C@H]1CC2[C@@](C)(CC[C@@H](OC(=O)c3ccc(SC)cc3)[C@]2(C)COC(C)=O)[C@@H]2CC[C@H]3C[C@]12CC3=C)c1ccc(SC)cc1. The van der Waals surface area contributed by atoms with Gasteiger partial charge in [0, 0.05) is 33.1 Å². The summed E-state index contributed by atoms with van der Waals surface area (Å²) in [7, 11) is 0. The number of benzene rings is 2.